The molecular formula is C13H16F3NO4. The molecule has 0 aromatic heterocycles. The third kappa shape index (κ3) is 6.96. The number of halogens is 3. The molecule has 118 valence electrons. The predicted octanol–water partition coefficient (Wildman–Crippen LogP) is 1.71. The number of nitrogens with one attached hydrogen (secondary N) is 1. The van der Waals surface area contributed by atoms with Crippen molar-refractivity contribution in [1.82, 2.24) is 5.32 Å². The maximum absolute atomic E-state index is 12.0. The molecule has 5 nitrogen and oxygen atoms in total. The van der Waals surface area contributed by atoms with E-state index in [0.717, 1.165) is 12.1 Å². The first kappa shape index (κ1) is 17.3. The molecule has 2 N–H and O–H groups in total. The average Bonchev–Trinajstić information content (AvgIpc) is 2.38. The number of hydrogen-bond acceptors (Lipinski definition) is 4. The number of rotatable bonds is 7. The summed E-state index contributed by atoms with van der Waals surface area (Å²) in [5.41, 5.74) is 0.200. The monoisotopic (exact) mass is 307 g/mol. The fourth-order valence-electron chi connectivity index (χ4n) is 1.54. The molecule has 21 heavy (non-hydrogen) atoms. The van der Waals surface area contributed by atoms with Gasteiger partial charge < -0.3 is 19.9 Å². The van der Waals surface area contributed by atoms with Gasteiger partial charge in [0, 0.05) is 19.2 Å². The second-order valence-electron chi connectivity index (χ2n) is 4.23. The second kappa shape index (κ2) is 7.84. The van der Waals surface area contributed by atoms with Crippen LogP contribution in [0.25, 0.3) is 0 Å². The molecule has 1 amide bonds. The predicted molar refractivity (Wildman–Crippen MR) is 68.0 cm³/mol. The molecule has 8 heteroatoms. The van der Waals surface area contributed by atoms with Crippen LogP contribution in [0, 0.1) is 0 Å². The summed E-state index contributed by atoms with van der Waals surface area (Å²) in [4.78, 5) is 11.7. The molecule has 0 saturated carbocycles. The van der Waals surface area contributed by atoms with E-state index in [2.05, 4.69) is 10.1 Å². The van der Waals surface area contributed by atoms with Crippen LogP contribution >= 0.6 is 0 Å². The molecule has 0 aliphatic heterocycles. The summed E-state index contributed by atoms with van der Waals surface area (Å²) in [6.45, 7) is 0.392. The van der Waals surface area contributed by atoms with Gasteiger partial charge in [0.2, 0.25) is 0 Å². The smallest absolute Gasteiger partial charge is 0.406 e. The van der Waals surface area contributed by atoms with Crippen molar-refractivity contribution in [3.8, 4) is 5.75 Å². The van der Waals surface area contributed by atoms with Gasteiger partial charge in [0.05, 0.1) is 12.7 Å². The van der Waals surface area contributed by atoms with Crippen LogP contribution in [0.2, 0.25) is 0 Å². The van der Waals surface area contributed by atoms with Crippen molar-refractivity contribution in [2.24, 2.45) is 0 Å². The van der Waals surface area contributed by atoms with E-state index in [1.807, 2.05) is 0 Å². The van der Waals surface area contributed by atoms with Gasteiger partial charge in [0.25, 0.3) is 5.91 Å². The fourth-order valence-corrected chi connectivity index (χ4v) is 1.54. The molecule has 0 radical (unpaired) electrons. The Hall–Kier alpha value is -1.80. The summed E-state index contributed by atoms with van der Waals surface area (Å²) in [6.07, 6.45) is -5.13. The van der Waals surface area contributed by atoms with E-state index in [0.29, 0.717) is 6.42 Å². The van der Waals surface area contributed by atoms with Crippen molar-refractivity contribution in [1.29, 1.82) is 0 Å². The van der Waals surface area contributed by atoms with Crippen LogP contribution in [0.15, 0.2) is 24.3 Å². The molecule has 1 rings (SSSR count). The number of hydrogen-bond donors (Lipinski definition) is 2. The quantitative estimate of drug-likeness (QED) is 0.805. The molecule has 1 aromatic carbocycles. The van der Waals surface area contributed by atoms with Crippen molar-refractivity contribution >= 4 is 5.91 Å². The zero-order chi connectivity index (χ0) is 15.9. The van der Waals surface area contributed by atoms with Crippen LogP contribution in [0.3, 0.4) is 0 Å². The van der Waals surface area contributed by atoms with E-state index in [-0.39, 0.29) is 18.7 Å². The van der Waals surface area contributed by atoms with Gasteiger partial charge in [-0.25, -0.2) is 0 Å². The van der Waals surface area contributed by atoms with E-state index in [9.17, 15) is 23.1 Å². The first-order chi connectivity index (χ1) is 9.81. The summed E-state index contributed by atoms with van der Waals surface area (Å²) >= 11 is 0. The summed E-state index contributed by atoms with van der Waals surface area (Å²) in [7, 11) is 1.45. The number of aliphatic hydroxyl groups excluding tert-OH is 1. The number of alkyl halides is 3. The molecular weight excluding hydrogens is 291 g/mol. The van der Waals surface area contributed by atoms with Gasteiger partial charge in [-0.3, -0.25) is 4.79 Å². The van der Waals surface area contributed by atoms with Crippen molar-refractivity contribution in [2.45, 2.75) is 18.9 Å². The number of benzene rings is 1. The van der Waals surface area contributed by atoms with Gasteiger partial charge in [-0.15, -0.1) is 13.2 Å². The highest BCUT2D eigenvalue weighted by Crippen LogP contribution is 2.22. The molecule has 1 atom stereocenters. The fraction of sp³-hybridized carbons (Fsp3) is 0.462. The van der Waals surface area contributed by atoms with Crippen molar-refractivity contribution in [2.75, 3.05) is 20.3 Å². The minimum absolute atomic E-state index is 0.166. The van der Waals surface area contributed by atoms with Crippen LogP contribution < -0.4 is 10.1 Å². The van der Waals surface area contributed by atoms with Gasteiger partial charge in [-0.2, -0.15) is 0 Å². The standard InChI is InChI=1S/C13H16F3NO4/c1-20-8-10(18)6-7-17-12(19)9-2-4-11(5-3-9)21-13(14,15)16/h2-5,10,18H,6-8H2,1H3,(H,17,19). The van der Waals surface area contributed by atoms with Gasteiger partial charge >= 0.3 is 6.36 Å². The second-order valence-corrected chi connectivity index (χ2v) is 4.23. The molecule has 0 spiro atoms. The van der Waals surface area contributed by atoms with Gasteiger partial charge in [-0.1, -0.05) is 0 Å². The molecule has 0 saturated heterocycles. The zero-order valence-electron chi connectivity index (χ0n) is 11.3. The third-order valence-corrected chi connectivity index (χ3v) is 2.47. The van der Waals surface area contributed by atoms with Crippen LogP contribution in [0.5, 0.6) is 5.75 Å². The Morgan fingerprint density at radius 2 is 1.95 bits per heavy atom. The van der Waals surface area contributed by atoms with Crippen molar-refractivity contribution in [3.63, 3.8) is 0 Å². The van der Waals surface area contributed by atoms with Crippen LogP contribution in [0.4, 0.5) is 13.2 Å². The highest BCUT2D eigenvalue weighted by atomic mass is 19.4. The number of ether oxygens (including phenoxy) is 2. The van der Waals surface area contributed by atoms with Crippen molar-refractivity contribution < 1.29 is 32.5 Å². The first-order valence-corrected chi connectivity index (χ1v) is 6.13. The number of aliphatic hydroxyl groups is 1. The highest BCUT2D eigenvalue weighted by Gasteiger charge is 2.31. The molecule has 0 heterocycles. The molecule has 0 bridgehead atoms. The number of amides is 1. The molecule has 0 aliphatic carbocycles. The summed E-state index contributed by atoms with van der Waals surface area (Å²) in [5, 5.41) is 11.9. The minimum Gasteiger partial charge on any atom is -0.406 e. The molecule has 1 unspecified atom stereocenters. The number of methoxy groups -OCH3 is 1. The Labute approximate surface area is 119 Å². The number of carbonyl (C=O) groups is 1. The summed E-state index contributed by atoms with van der Waals surface area (Å²) < 4.78 is 44.3. The molecule has 0 fully saturated rings. The Bertz CT molecular complexity index is 448. The molecule has 0 aliphatic rings. The van der Waals surface area contributed by atoms with E-state index in [4.69, 9.17) is 4.74 Å². The van der Waals surface area contributed by atoms with Gasteiger partial charge in [-0.05, 0) is 30.7 Å². The van der Waals surface area contributed by atoms with Gasteiger partial charge in [0.15, 0.2) is 0 Å². The maximum Gasteiger partial charge on any atom is 0.573 e. The SMILES string of the molecule is COCC(O)CCNC(=O)c1ccc(OC(F)(F)F)cc1. The topological polar surface area (TPSA) is 67.8 Å². The lowest BCUT2D eigenvalue weighted by atomic mass is 10.2. The Kier molecular flexibility index (Phi) is 6.44. The van der Waals surface area contributed by atoms with Crippen LogP contribution in [-0.2, 0) is 4.74 Å². The van der Waals surface area contributed by atoms with Crippen LogP contribution in [0.1, 0.15) is 16.8 Å². The van der Waals surface area contributed by atoms with E-state index in [1.54, 1.807) is 0 Å². The van der Waals surface area contributed by atoms with E-state index >= 15 is 0 Å². The first-order valence-electron chi connectivity index (χ1n) is 6.13. The zero-order valence-corrected chi connectivity index (χ0v) is 11.3. The number of carbonyl (C=O) groups excluding carboxylic acids is 1. The Morgan fingerprint density at radius 3 is 2.48 bits per heavy atom. The van der Waals surface area contributed by atoms with E-state index in [1.165, 1.54) is 19.2 Å². The Morgan fingerprint density at radius 1 is 1.33 bits per heavy atom. The maximum atomic E-state index is 12.0. The third-order valence-electron chi connectivity index (χ3n) is 2.47. The normalized spacial score (nSPS) is 12.8. The van der Waals surface area contributed by atoms with Gasteiger partial charge in [0.1, 0.15) is 5.75 Å². The lowest BCUT2D eigenvalue weighted by molar-refractivity contribution is -0.274. The lowest BCUT2D eigenvalue weighted by Gasteiger charge is -2.11. The van der Waals surface area contributed by atoms with E-state index < -0.39 is 24.1 Å². The Balaban J connectivity index is 2.44. The molecule has 1 aromatic rings. The lowest BCUT2D eigenvalue weighted by Crippen LogP contribution is -2.28. The summed E-state index contributed by atoms with van der Waals surface area (Å²) in [5.74, 6) is -0.840. The average molecular weight is 307 g/mol. The minimum atomic E-state index is -4.76. The largest absolute Gasteiger partial charge is 0.573 e. The summed E-state index contributed by atoms with van der Waals surface area (Å²) in [6, 6.07) is 4.56. The van der Waals surface area contributed by atoms with Crippen LogP contribution in [-0.4, -0.2) is 43.7 Å². The van der Waals surface area contributed by atoms with Crippen molar-refractivity contribution in [3.05, 3.63) is 29.8 Å². The highest BCUT2D eigenvalue weighted by molar-refractivity contribution is 5.94.